The molecule has 3 N–H and O–H groups in total. The number of aliphatic hydroxyl groups is 1. The quantitative estimate of drug-likeness (QED) is 0.141. The van der Waals surface area contributed by atoms with E-state index in [1.807, 2.05) is 0 Å². The summed E-state index contributed by atoms with van der Waals surface area (Å²) in [5, 5.41) is 18.9. The Balaban J connectivity index is 4.76. The van der Waals surface area contributed by atoms with E-state index in [4.69, 9.17) is 16.9 Å². The first-order chi connectivity index (χ1) is 5.36. The molecule has 0 heterocycles. The Kier molecular flexibility index (Phi) is 3.34. The van der Waals surface area contributed by atoms with Crippen molar-refractivity contribution in [2.45, 2.75) is 5.91 Å². The highest BCUT2D eigenvalue weighted by atomic mass is 35.5. The molecule has 0 radical (unpaired) electrons. The second-order valence-corrected chi connectivity index (χ2v) is 2.05. The van der Waals surface area contributed by atoms with Gasteiger partial charge in [-0.05, 0) is 0 Å². The minimum atomic E-state index is -3.23. The Hall–Kier alpha value is -0.960. The molecule has 0 bridgehead atoms. The molecule has 0 fully saturated rings. The smallest absolute Gasteiger partial charge is 0.298 e. The Morgan fingerprint density at radius 2 is 2.33 bits per heavy atom. The summed E-state index contributed by atoms with van der Waals surface area (Å²) >= 11 is 4.85. The van der Waals surface area contributed by atoms with Crippen LogP contribution < -0.4 is 5.84 Å². The Morgan fingerprint density at radius 1 is 1.92 bits per heavy atom. The van der Waals surface area contributed by atoms with Crippen LogP contribution in [0.4, 0.5) is 0 Å². The third kappa shape index (κ3) is 1.80. The minimum absolute atomic E-state index is 0.160. The Bertz CT molecular complexity index is 208. The average molecular weight is 200 g/mol. The summed E-state index contributed by atoms with van der Waals surface area (Å²) in [7, 11) is 0.765. The highest BCUT2D eigenvalue weighted by Crippen LogP contribution is 2.10. The molecule has 1 unspecified atom stereocenters. The van der Waals surface area contributed by atoms with Gasteiger partial charge in [0.25, 0.3) is 0 Å². The van der Waals surface area contributed by atoms with Crippen LogP contribution in [-0.4, -0.2) is 33.5 Å². The number of amides is 1. The Labute approximate surface area is 71.7 Å². The normalized spacial score (nSPS) is 15.0. The zero-order chi connectivity index (χ0) is 9.94. The molecule has 12 heavy (non-hydrogen) atoms. The number of hydrazine groups is 1. The lowest BCUT2D eigenvalue weighted by Crippen LogP contribution is -2.54. The van der Waals surface area contributed by atoms with Crippen LogP contribution >= 0.6 is 11.8 Å². The van der Waals surface area contributed by atoms with Gasteiger partial charge in [-0.1, -0.05) is 0 Å². The standard InChI is InChI=1S/C3H6ClN3O5/c1-12-3(9,7(10)11)2(8)6(4)5/h9H,5H2,1H3. The topological polar surface area (TPSA) is 119 Å². The van der Waals surface area contributed by atoms with E-state index in [1.54, 1.807) is 0 Å². The van der Waals surface area contributed by atoms with Gasteiger partial charge in [0.05, 0.1) is 4.92 Å². The zero-order valence-electron chi connectivity index (χ0n) is 5.93. The molecule has 0 spiro atoms. The summed E-state index contributed by atoms with van der Waals surface area (Å²) in [5.74, 6) is -0.172. The third-order valence-corrected chi connectivity index (χ3v) is 1.16. The first-order valence-corrected chi connectivity index (χ1v) is 2.87. The number of nitrogens with two attached hydrogens (primary N) is 1. The molecule has 0 aliphatic rings. The van der Waals surface area contributed by atoms with Gasteiger partial charge in [0.1, 0.15) is 0 Å². The monoisotopic (exact) mass is 199 g/mol. The van der Waals surface area contributed by atoms with Crippen LogP contribution in [0.15, 0.2) is 0 Å². The van der Waals surface area contributed by atoms with Crippen molar-refractivity contribution >= 4 is 17.7 Å². The second kappa shape index (κ2) is 3.63. The van der Waals surface area contributed by atoms with Gasteiger partial charge in [0.2, 0.25) is 0 Å². The predicted molar refractivity (Wildman–Crippen MR) is 35.8 cm³/mol. The maximum Gasteiger partial charge on any atom is 0.523 e. The number of carbonyl (C=O) groups excluding carboxylic acids is 1. The van der Waals surface area contributed by atoms with Crippen LogP contribution in [0.5, 0.6) is 0 Å². The van der Waals surface area contributed by atoms with Crippen molar-refractivity contribution in [2.75, 3.05) is 7.11 Å². The van der Waals surface area contributed by atoms with Crippen LogP contribution in [-0.2, 0) is 9.53 Å². The summed E-state index contributed by atoms with van der Waals surface area (Å²) in [4.78, 5) is 19.4. The molecule has 0 aromatic rings. The van der Waals surface area contributed by atoms with E-state index in [2.05, 4.69) is 10.6 Å². The SMILES string of the molecule is COC(O)(C(=O)N(N)Cl)[N+](=O)[O-]. The largest absolute Gasteiger partial charge is 0.523 e. The lowest BCUT2D eigenvalue weighted by Gasteiger charge is -2.16. The number of carbonyl (C=O) groups is 1. The molecule has 0 saturated carbocycles. The molecule has 0 saturated heterocycles. The predicted octanol–water partition coefficient (Wildman–Crippen LogP) is -1.59. The van der Waals surface area contributed by atoms with E-state index in [0.29, 0.717) is 0 Å². The van der Waals surface area contributed by atoms with Crippen molar-refractivity contribution in [3.63, 3.8) is 0 Å². The fourth-order valence-electron chi connectivity index (χ4n) is 0.379. The highest BCUT2D eigenvalue weighted by molar-refractivity contribution is 6.21. The van der Waals surface area contributed by atoms with E-state index < -0.39 is 16.7 Å². The van der Waals surface area contributed by atoms with E-state index in [-0.39, 0.29) is 4.53 Å². The van der Waals surface area contributed by atoms with Gasteiger partial charge in [-0.15, -0.1) is 0 Å². The molecular weight excluding hydrogens is 194 g/mol. The van der Waals surface area contributed by atoms with Crippen molar-refractivity contribution in [3.8, 4) is 0 Å². The van der Waals surface area contributed by atoms with Crippen LogP contribution in [0.3, 0.4) is 0 Å². The number of nitro groups is 1. The van der Waals surface area contributed by atoms with Crippen LogP contribution in [0.1, 0.15) is 0 Å². The second-order valence-electron chi connectivity index (χ2n) is 1.69. The van der Waals surface area contributed by atoms with Gasteiger partial charge < -0.3 is 0 Å². The molecule has 8 nitrogen and oxygen atoms in total. The zero-order valence-corrected chi connectivity index (χ0v) is 6.69. The van der Waals surface area contributed by atoms with Gasteiger partial charge in [-0.25, -0.2) is 5.84 Å². The molecule has 1 amide bonds. The van der Waals surface area contributed by atoms with E-state index in [1.165, 1.54) is 0 Å². The fourth-order valence-corrected chi connectivity index (χ4v) is 0.489. The minimum Gasteiger partial charge on any atom is -0.298 e. The molecule has 0 aromatic carbocycles. The van der Waals surface area contributed by atoms with Gasteiger partial charge in [0, 0.05) is 18.9 Å². The van der Waals surface area contributed by atoms with Crippen LogP contribution in [0, 0.1) is 10.1 Å². The molecule has 70 valence electrons. The summed E-state index contributed by atoms with van der Waals surface area (Å²) in [6, 6.07) is 0. The molecular formula is C3H6ClN3O5. The number of rotatable bonds is 3. The average Bonchev–Trinajstić information content (AvgIpc) is 2.01. The highest BCUT2D eigenvalue weighted by Gasteiger charge is 2.53. The first kappa shape index (κ1) is 11.0. The maximum absolute atomic E-state index is 10.7. The summed E-state index contributed by atoms with van der Waals surface area (Å²) in [6.45, 7) is 0. The van der Waals surface area contributed by atoms with Gasteiger partial charge in [-0.2, -0.15) is 4.53 Å². The van der Waals surface area contributed by atoms with Crippen molar-refractivity contribution in [3.05, 3.63) is 10.1 Å². The van der Waals surface area contributed by atoms with Gasteiger partial charge in [-0.3, -0.25) is 24.8 Å². The Morgan fingerprint density at radius 3 is 2.42 bits per heavy atom. The number of hydrogen-bond donors (Lipinski definition) is 2. The van der Waals surface area contributed by atoms with Crippen molar-refractivity contribution in [2.24, 2.45) is 5.84 Å². The summed E-state index contributed by atoms with van der Waals surface area (Å²) < 4.78 is 3.76. The number of ether oxygens (including phenoxy) is 1. The molecule has 0 aliphatic carbocycles. The lowest BCUT2D eigenvalue weighted by atomic mass is 10.5. The van der Waals surface area contributed by atoms with E-state index >= 15 is 0 Å². The van der Waals surface area contributed by atoms with E-state index in [0.717, 1.165) is 7.11 Å². The summed E-state index contributed by atoms with van der Waals surface area (Å²) in [6.07, 6.45) is 0. The van der Waals surface area contributed by atoms with Crippen LogP contribution in [0.2, 0.25) is 0 Å². The van der Waals surface area contributed by atoms with Crippen molar-refractivity contribution in [1.82, 2.24) is 4.53 Å². The number of nitrogens with zero attached hydrogens (tertiary/aromatic N) is 2. The van der Waals surface area contributed by atoms with Crippen LogP contribution in [0.25, 0.3) is 0 Å². The molecule has 0 rings (SSSR count). The number of hydrogen-bond acceptors (Lipinski definition) is 6. The first-order valence-electron chi connectivity index (χ1n) is 2.53. The lowest BCUT2D eigenvalue weighted by molar-refractivity contribution is -0.663. The molecule has 0 aliphatic heterocycles. The number of methoxy groups -OCH3 is 1. The molecule has 9 heteroatoms. The van der Waals surface area contributed by atoms with E-state index in [9.17, 15) is 14.9 Å². The maximum atomic E-state index is 10.7. The number of halogens is 1. The fraction of sp³-hybridized carbons (Fsp3) is 0.667. The summed E-state index contributed by atoms with van der Waals surface area (Å²) in [5.41, 5.74) is 0. The van der Waals surface area contributed by atoms with Gasteiger partial charge in [0.15, 0.2) is 0 Å². The van der Waals surface area contributed by atoms with Gasteiger partial charge >= 0.3 is 11.8 Å². The molecule has 1 atom stereocenters. The third-order valence-electron chi connectivity index (χ3n) is 1.00. The van der Waals surface area contributed by atoms with Crippen molar-refractivity contribution < 1.29 is 19.6 Å². The molecule has 0 aromatic heterocycles. The van der Waals surface area contributed by atoms with Crippen molar-refractivity contribution in [1.29, 1.82) is 0 Å².